The molecular formula is C18H12F3IN4O4. The molecule has 0 saturated carbocycles. The maximum absolute atomic E-state index is 12.9. The van der Waals surface area contributed by atoms with Crippen molar-refractivity contribution < 1.29 is 27.6 Å². The number of benzene rings is 2. The molecular weight excluding hydrogens is 520 g/mol. The van der Waals surface area contributed by atoms with Gasteiger partial charge in [0.05, 0.1) is 32.0 Å². The fourth-order valence-electron chi connectivity index (χ4n) is 2.55. The van der Waals surface area contributed by atoms with Crippen LogP contribution in [-0.4, -0.2) is 20.6 Å². The standard InChI is InChI=1S/C18H12F3IN4O4/c1-25-16(15(22)9-23-25)17(27)24-11-6-12(26(28)29)8-14(7-11)30-13-4-2-3-10(5-13)18(19,20)21/h2-9H,1H3,(H,24,27). The zero-order valence-corrected chi connectivity index (χ0v) is 17.3. The molecule has 1 N–H and O–H groups in total. The van der Waals surface area contributed by atoms with E-state index in [2.05, 4.69) is 10.4 Å². The van der Waals surface area contributed by atoms with E-state index in [1.807, 2.05) is 22.6 Å². The first-order chi connectivity index (χ1) is 14.0. The van der Waals surface area contributed by atoms with E-state index >= 15 is 0 Å². The molecule has 0 spiro atoms. The van der Waals surface area contributed by atoms with Crippen molar-refractivity contribution >= 4 is 39.9 Å². The number of hydrogen-bond acceptors (Lipinski definition) is 5. The van der Waals surface area contributed by atoms with E-state index in [9.17, 15) is 28.1 Å². The molecule has 1 heterocycles. The Balaban J connectivity index is 1.92. The number of amides is 1. The number of rotatable bonds is 5. The summed E-state index contributed by atoms with van der Waals surface area (Å²) in [5.41, 5.74) is -1.06. The Hall–Kier alpha value is -3.16. The summed E-state index contributed by atoms with van der Waals surface area (Å²) in [6.07, 6.45) is -3.09. The Morgan fingerprint density at radius 2 is 1.97 bits per heavy atom. The highest BCUT2D eigenvalue weighted by Gasteiger charge is 2.30. The number of carbonyl (C=O) groups excluding carboxylic acids is 1. The second-order valence-corrected chi connectivity index (χ2v) is 7.18. The van der Waals surface area contributed by atoms with Crippen molar-refractivity contribution in [2.45, 2.75) is 6.18 Å². The van der Waals surface area contributed by atoms with Crippen LogP contribution in [0.15, 0.2) is 48.7 Å². The molecule has 1 amide bonds. The normalized spacial score (nSPS) is 11.2. The second kappa shape index (κ2) is 8.30. The molecule has 0 radical (unpaired) electrons. The Labute approximate surface area is 180 Å². The molecule has 30 heavy (non-hydrogen) atoms. The third-order valence-corrected chi connectivity index (χ3v) is 4.66. The second-order valence-electron chi connectivity index (χ2n) is 6.02. The van der Waals surface area contributed by atoms with Gasteiger partial charge in [-0.15, -0.1) is 0 Å². The first-order valence-corrected chi connectivity index (χ1v) is 9.26. The summed E-state index contributed by atoms with van der Waals surface area (Å²) in [7, 11) is 1.56. The van der Waals surface area contributed by atoms with Gasteiger partial charge in [0.15, 0.2) is 0 Å². The van der Waals surface area contributed by atoms with Crippen molar-refractivity contribution in [3.8, 4) is 11.5 Å². The molecule has 3 rings (SSSR count). The van der Waals surface area contributed by atoms with Gasteiger partial charge in [0.2, 0.25) is 0 Å². The van der Waals surface area contributed by atoms with Gasteiger partial charge < -0.3 is 10.1 Å². The maximum atomic E-state index is 12.9. The van der Waals surface area contributed by atoms with Crippen LogP contribution in [0.5, 0.6) is 11.5 Å². The molecule has 12 heteroatoms. The molecule has 2 aromatic carbocycles. The minimum absolute atomic E-state index is 0.0353. The van der Waals surface area contributed by atoms with Gasteiger partial charge in [0.1, 0.15) is 17.2 Å². The van der Waals surface area contributed by atoms with Crippen molar-refractivity contribution in [1.82, 2.24) is 9.78 Å². The monoisotopic (exact) mass is 532 g/mol. The number of nitrogens with one attached hydrogen (secondary N) is 1. The van der Waals surface area contributed by atoms with Crippen LogP contribution < -0.4 is 10.1 Å². The summed E-state index contributed by atoms with van der Waals surface area (Å²) < 4.78 is 46.0. The van der Waals surface area contributed by atoms with Crippen molar-refractivity contribution in [2.24, 2.45) is 7.05 Å². The molecule has 0 unspecified atom stereocenters. The highest BCUT2D eigenvalue weighted by atomic mass is 127. The highest BCUT2D eigenvalue weighted by molar-refractivity contribution is 14.1. The molecule has 0 fully saturated rings. The lowest BCUT2D eigenvalue weighted by molar-refractivity contribution is -0.384. The lowest BCUT2D eigenvalue weighted by Gasteiger charge is -2.12. The fraction of sp³-hybridized carbons (Fsp3) is 0.111. The lowest BCUT2D eigenvalue weighted by Crippen LogP contribution is -2.17. The minimum atomic E-state index is -4.57. The van der Waals surface area contributed by atoms with E-state index < -0.39 is 28.3 Å². The zero-order valence-electron chi connectivity index (χ0n) is 15.1. The predicted molar refractivity (Wildman–Crippen MR) is 108 cm³/mol. The van der Waals surface area contributed by atoms with Gasteiger partial charge in [-0.3, -0.25) is 19.6 Å². The van der Waals surface area contributed by atoms with Gasteiger partial charge in [-0.05, 0) is 40.8 Å². The number of ether oxygens (including phenoxy) is 1. The van der Waals surface area contributed by atoms with Crippen LogP contribution in [0.1, 0.15) is 16.1 Å². The van der Waals surface area contributed by atoms with Gasteiger partial charge in [-0.2, -0.15) is 18.3 Å². The number of non-ortho nitro benzene ring substituents is 1. The predicted octanol–water partition coefficient (Wildman–Crippen LogP) is 5.00. The number of aryl methyl sites for hydroxylation is 1. The summed E-state index contributed by atoms with van der Waals surface area (Å²) in [4.78, 5) is 23.0. The van der Waals surface area contributed by atoms with Crippen LogP contribution in [0, 0.1) is 13.7 Å². The SMILES string of the molecule is Cn1ncc(I)c1C(=O)Nc1cc(Oc2cccc(C(F)(F)F)c2)cc([N+](=O)[O-])c1. The third kappa shape index (κ3) is 4.87. The highest BCUT2D eigenvalue weighted by Crippen LogP contribution is 2.34. The smallest absolute Gasteiger partial charge is 0.416 e. The summed E-state index contributed by atoms with van der Waals surface area (Å²) in [6.45, 7) is 0. The average molecular weight is 532 g/mol. The molecule has 0 bridgehead atoms. The molecule has 1 aromatic heterocycles. The minimum Gasteiger partial charge on any atom is -0.457 e. The Kier molecular flexibility index (Phi) is 5.96. The maximum Gasteiger partial charge on any atom is 0.416 e. The van der Waals surface area contributed by atoms with Crippen molar-refractivity contribution in [1.29, 1.82) is 0 Å². The van der Waals surface area contributed by atoms with Crippen LogP contribution in [0.2, 0.25) is 0 Å². The number of nitrogens with zero attached hydrogens (tertiary/aromatic N) is 3. The number of alkyl halides is 3. The van der Waals surface area contributed by atoms with E-state index in [-0.39, 0.29) is 22.9 Å². The van der Waals surface area contributed by atoms with Gasteiger partial charge in [-0.1, -0.05) is 6.07 Å². The van der Waals surface area contributed by atoms with Crippen LogP contribution in [-0.2, 0) is 13.2 Å². The molecule has 0 aliphatic carbocycles. The topological polar surface area (TPSA) is 99.3 Å². The average Bonchev–Trinajstić information content (AvgIpc) is 2.99. The number of aromatic nitrogens is 2. The van der Waals surface area contributed by atoms with Gasteiger partial charge in [0.25, 0.3) is 11.6 Å². The molecule has 0 saturated heterocycles. The third-order valence-electron chi connectivity index (χ3n) is 3.87. The number of carbonyl (C=O) groups is 1. The van der Waals surface area contributed by atoms with Crippen LogP contribution in [0.25, 0.3) is 0 Å². The van der Waals surface area contributed by atoms with Crippen LogP contribution in [0.4, 0.5) is 24.5 Å². The van der Waals surface area contributed by atoms with E-state index in [4.69, 9.17) is 4.74 Å². The van der Waals surface area contributed by atoms with E-state index in [1.165, 1.54) is 23.0 Å². The van der Waals surface area contributed by atoms with Crippen LogP contribution >= 0.6 is 22.6 Å². The van der Waals surface area contributed by atoms with E-state index in [0.717, 1.165) is 30.3 Å². The first kappa shape index (κ1) is 21.5. The zero-order chi connectivity index (χ0) is 22.1. The summed E-state index contributed by atoms with van der Waals surface area (Å²) in [5, 5.41) is 17.7. The van der Waals surface area contributed by atoms with Gasteiger partial charge in [0, 0.05) is 19.2 Å². The summed E-state index contributed by atoms with van der Waals surface area (Å²) in [6, 6.07) is 7.52. The molecule has 0 atom stereocenters. The summed E-state index contributed by atoms with van der Waals surface area (Å²) in [5.74, 6) is -0.841. The van der Waals surface area contributed by atoms with Crippen LogP contribution in [0.3, 0.4) is 0 Å². The fourth-order valence-corrected chi connectivity index (χ4v) is 3.27. The molecule has 0 aliphatic heterocycles. The number of anilines is 1. The Morgan fingerprint density at radius 3 is 2.57 bits per heavy atom. The number of hydrogen-bond donors (Lipinski definition) is 1. The molecule has 8 nitrogen and oxygen atoms in total. The van der Waals surface area contributed by atoms with Crippen molar-refractivity contribution in [3.63, 3.8) is 0 Å². The van der Waals surface area contributed by atoms with Gasteiger partial charge in [-0.25, -0.2) is 0 Å². The quantitative estimate of drug-likeness (QED) is 0.284. The Bertz CT molecular complexity index is 1110. The molecule has 0 aliphatic rings. The largest absolute Gasteiger partial charge is 0.457 e. The van der Waals surface area contributed by atoms with Gasteiger partial charge >= 0.3 is 6.18 Å². The number of nitro benzene ring substituents is 1. The molecule has 156 valence electrons. The van der Waals surface area contributed by atoms with Crippen molar-refractivity contribution in [3.05, 3.63) is 73.6 Å². The summed E-state index contributed by atoms with van der Waals surface area (Å²) >= 11 is 1.92. The molecule has 3 aromatic rings. The lowest BCUT2D eigenvalue weighted by atomic mass is 10.2. The number of nitro groups is 1. The van der Waals surface area contributed by atoms with E-state index in [0.29, 0.717) is 3.57 Å². The van der Waals surface area contributed by atoms with E-state index in [1.54, 1.807) is 7.05 Å². The number of halogens is 4. The first-order valence-electron chi connectivity index (χ1n) is 8.18. The Morgan fingerprint density at radius 1 is 1.23 bits per heavy atom. The van der Waals surface area contributed by atoms with Crippen molar-refractivity contribution in [2.75, 3.05) is 5.32 Å².